The molecule has 0 aliphatic rings. The van der Waals surface area contributed by atoms with Gasteiger partial charge < -0.3 is 28.8 Å². The third-order valence-corrected chi connectivity index (χ3v) is 3.69. The number of carboxylic acids is 1. The largest absolute Gasteiger partial charge is 0.549 e. The lowest BCUT2D eigenvalue weighted by Gasteiger charge is -2.38. The monoisotopic (exact) mass is 336 g/mol. The number of carboxylic acid groups (broad SMARTS) is 1. The van der Waals surface area contributed by atoms with Crippen molar-refractivity contribution < 1.29 is 33.6 Å². The van der Waals surface area contributed by atoms with E-state index in [0.717, 1.165) is 21.3 Å². The zero-order chi connectivity index (χ0) is 18.3. The lowest BCUT2D eigenvalue weighted by Crippen LogP contribution is -2.53. The van der Waals surface area contributed by atoms with Gasteiger partial charge in [0.15, 0.2) is 0 Å². The molecule has 0 aromatic heterocycles. The van der Waals surface area contributed by atoms with Gasteiger partial charge in [-0.2, -0.15) is 5.26 Å². The summed E-state index contributed by atoms with van der Waals surface area (Å²) in [6.45, 7) is 0. The third-order valence-electron chi connectivity index (χ3n) is 3.69. The molecule has 0 N–H and O–H groups in total. The minimum absolute atomic E-state index is 0.306. The number of ether oxygens (including phenoxy) is 4. The van der Waals surface area contributed by atoms with E-state index in [9.17, 15) is 20.0 Å². The summed E-state index contributed by atoms with van der Waals surface area (Å²) in [5, 5.41) is 20.7. The number of hydrogen-bond acceptors (Lipinski definition) is 8. The molecule has 8 nitrogen and oxygen atoms in total. The summed E-state index contributed by atoms with van der Waals surface area (Å²) in [4.78, 5) is 23.7. The first-order valence-electron chi connectivity index (χ1n) is 6.84. The van der Waals surface area contributed by atoms with Gasteiger partial charge in [0.2, 0.25) is 0 Å². The highest BCUT2D eigenvalue weighted by atomic mass is 16.7. The molecule has 1 aromatic carbocycles. The molecule has 24 heavy (non-hydrogen) atoms. The van der Waals surface area contributed by atoms with Crippen molar-refractivity contribution in [1.29, 1.82) is 5.26 Å². The SMILES string of the molecule is COC(=O)C(OC)(OC)[C@H](c1ccc(OC)cc1)[C@H](C#N)C(=O)[O-]. The Kier molecular flexibility index (Phi) is 6.70. The van der Waals surface area contributed by atoms with Crippen LogP contribution < -0.4 is 9.84 Å². The van der Waals surface area contributed by atoms with Crippen LogP contribution >= 0.6 is 0 Å². The zero-order valence-corrected chi connectivity index (χ0v) is 13.8. The number of nitrogens with zero attached hydrogens (tertiary/aromatic N) is 1. The van der Waals surface area contributed by atoms with E-state index >= 15 is 0 Å². The summed E-state index contributed by atoms with van der Waals surface area (Å²) in [6, 6.07) is 7.74. The van der Waals surface area contributed by atoms with Gasteiger partial charge in [0.1, 0.15) is 5.75 Å². The lowest BCUT2D eigenvalue weighted by atomic mass is 9.79. The van der Waals surface area contributed by atoms with Gasteiger partial charge in [0.05, 0.1) is 38.1 Å². The van der Waals surface area contributed by atoms with Crippen molar-refractivity contribution in [3.8, 4) is 11.8 Å². The first kappa shape index (κ1) is 19.4. The number of carbonyl (C=O) groups excluding carboxylic acids is 2. The fraction of sp³-hybridized carbons (Fsp3) is 0.438. The maximum atomic E-state index is 12.3. The van der Waals surface area contributed by atoms with E-state index in [2.05, 4.69) is 4.74 Å². The van der Waals surface area contributed by atoms with Crippen LogP contribution in [0, 0.1) is 17.2 Å². The number of nitriles is 1. The van der Waals surface area contributed by atoms with Crippen LogP contribution in [0.1, 0.15) is 11.5 Å². The number of aliphatic carboxylic acids is 1. The van der Waals surface area contributed by atoms with Crippen LogP contribution in [0.25, 0.3) is 0 Å². The van der Waals surface area contributed by atoms with E-state index in [-0.39, 0.29) is 0 Å². The fourth-order valence-electron chi connectivity index (χ4n) is 2.48. The Hall–Kier alpha value is -2.63. The first-order valence-corrected chi connectivity index (χ1v) is 6.84. The molecule has 0 spiro atoms. The number of esters is 1. The highest BCUT2D eigenvalue weighted by molar-refractivity contribution is 5.82. The summed E-state index contributed by atoms with van der Waals surface area (Å²) in [7, 11) is 4.87. The Morgan fingerprint density at radius 1 is 1.12 bits per heavy atom. The molecule has 0 unspecified atom stereocenters. The molecule has 0 bridgehead atoms. The smallest absolute Gasteiger partial charge is 0.367 e. The van der Waals surface area contributed by atoms with Crippen LogP contribution in [0.5, 0.6) is 5.75 Å². The maximum absolute atomic E-state index is 12.3. The molecule has 0 aliphatic carbocycles. The summed E-state index contributed by atoms with van der Waals surface area (Å²) < 4.78 is 20.1. The van der Waals surface area contributed by atoms with Crippen LogP contribution in [-0.4, -0.2) is 46.2 Å². The van der Waals surface area contributed by atoms with E-state index in [1.807, 2.05) is 0 Å². The van der Waals surface area contributed by atoms with Crippen molar-refractivity contribution in [1.82, 2.24) is 0 Å². The standard InChI is InChI=1S/C16H19NO7/c1-21-11-7-5-10(6-8-11)13(12(9-17)14(18)19)16(23-3,24-4)15(20)22-2/h5-8,12-13H,1-4H3,(H,18,19)/p-1/t12-,13+/m0/s1. The maximum Gasteiger partial charge on any atom is 0.367 e. The van der Waals surface area contributed by atoms with E-state index in [1.165, 1.54) is 19.2 Å². The Bertz CT molecular complexity index is 616. The minimum Gasteiger partial charge on any atom is -0.549 e. The van der Waals surface area contributed by atoms with Crippen molar-refractivity contribution in [2.45, 2.75) is 11.7 Å². The molecular formula is C16H18NO7-. The van der Waals surface area contributed by atoms with Crippen molar-refractivity contribution >= 4 is 11.9 Å². The second-order valence-electron chi connectivity index (χ2n) is 4.74. The molecule has 1 rings (SSSR count). The molecule has 0 amide bonds. The van der Waals surface area contributed by atoms with Gasteiger partial charge in [-0.3, -0.25) is 0 Å². The van der Waals surface area contributed by atoms with Gasteiger partial charge in [-0.05, 0) is 17.7 Å². The van der Waals surface area contributed by atoms with E-state index in [1.54, 1.807) is 18.2 Å². The van der Waals surface area contributed by atoms with Crippen molar-refractivity contribution in [2.75, 3.05) is 28.4 Å². The summed E-state index contributed by atoms with van der Waals surface area (Å²) in [5.74, 6) is -7.32. The quantitative estimate of drug-likeness (QED) is 0.474. The average Bonchev–Trinajstić information content (AvgIpc) is 2.61. The summed E-state index contributed by atoms with van der Waals surface area (Å²) >= 11 is 0. The van der Waals surface area contributed by atoms with Crippen molar-refractivity contribution in [3.05, 3.63) is 29.8 Å². The molecule has 0 saturated heterocycles. The average molecular weight is 336 g/mol. The number of hydrogen-bond donors (Lipinski definition) is 0. The third kappa shape index (κ3) is 3.48. The molecule has 0 radical (unpaired) electrons. The fourth-order valence-corrected chi connectivity index (χ4v) is 2.48. The van der Waals surface area contributed by atoms with Crippen LogP contribution in [0.4, 0.5) is 0 Å². The van der Waals surface area contributed by atoms with Gasteiger partial charge >= 0.3 is 5.97 Å². The molecular weight excluding hydrogens is 318 g/mol. The molecule has 0 fully saturated rings. The summed E-state index contributed by atoms with van der Waals surface area (Å²) in [5.41, 5.74) is 0.306. The van der Waals surface area contributed by atoms with Crippen molar-refractivity contribution in [3.63, 3.8) is 0 Å². The molecule has 1 aromatic rings. The van der Waals surface area contributed by atoms with Gasteiger partial charge in [-0.15, -0.1) is 0 Å². The van der Waals surface area contributed by atoms with Gasteiger partial charge in [0, 0.05) is 14.2 Å². The number of carbonyl (C=O) groups is 2. The first-order chi connectivity index (χ1) is 11.4. The molecule has 130 valence electrons. The number of rotatable bonds is 8. The summed E-state index contributed by atoms with van der Waals surface area (Å²) in [6.07, 6.45) is 0. The van der Waals surface area contributed by atoms with Gasteiger partial charge in [-0.25, -0.2) is 4.79 Å². The van der Waals surface area contributed by atoms with Crippen LogP contribution in [0.3, 0.4) is 0 Å². The van der Waals surface area contributed by atoms with E-state index in [0.29, 0.717) is 11.3 Å². The van der Waals surface area contributed by atoms with Crippen LogP contribution in [0.15, 0.2) is 24.3 Å². The predicted octanol–water partition coefficient (Wildman–Crippen LogP) is -0.169. The number of benzene rings is 1. The Labute approximate surface area is 139 Å². The predicted molar refractivity (Wildman–Crippen MR) is 78.6 cm³/mol. The topological polar surface area (TPSA) is 118 Å². The van der Waals surface area contributed by atoms with E-state index < -0.39 is 29.6 Å². The highest BCUT2D eigenvalue weighted by Crippen LogP contribution is 2.39. The van der Waals surface area contributed by atoms with Crippen LogP contribution in [-0.2, 0) is 23.8 Å². The normalized spacial score (nSPS) is 13.5. The molecule has 0 saturated carbocycles. The van der Waals surface area contributed by atoms with Crippen molar-refractivity contribution in [2.24, 2.45) is 5.92 Å². The molecule has 0 heterocycles. The Morgan fingerprint density at radius 3 is 2.00 bits per heavy atom. The highest BCUT2D eigenvalue weighted by Gasteiger charge is 2.53. The second kappa shape index (κ2) is 8.29. The van der Waals surface area contributed by atoms with Gasteiger partial charge in [0.25, 0.3) is 5.79 Å². The lowest BCUT2D eigenvalue weighted by molar-refractivity contribution is -0.314. The Morgan fingerprint density at radius 2 is 1.67 bits per heavy atom. The molecule has 2 atom stereocenters. The second-order valence-corrected chi connectivity index (χ2v) is 4.74. The number of methoxy groups -OCH3 is 4. The molecule has 0 aliphatic heterocycles. The molecule has 8 heteroatoms. The van der Waals surface area contributed by atoms with Crippen LogP contribution in [0.2, 0.25) is 0 Å². The zero-order valence-electron chi connectivity index (χ0n) is 13.8. The van der Waals surface area contributed by atoms with Gasteiger partial charge in [-0.1, -0.05) is 12.1 Å². The van der Waals surface area contributed by atoms with E-state index in [4.69, 9.17) is 14.2 Å². The Balaban J connectivity index is 3.59. The minimum atomic E-state index is -2.14.